The van der Waals surface area contributed by atoms with Crippen LogP contribution in [0, 0.1) is 5.82 Å². The Kier molecular flexibility index (Phi) is 5.07. The Morgan fingerprint density at radius 2 is 1.78 bits per heavy atom. The van der Waals surface area contributed by atoms with E-state index in [1.807, 2.05) is 26.0 Å². The molecule has 1 saturated carbocycles. The Hall–Kier alpha value is -1.33. The molecule has 1 heterocycles. The minimum Gasteiger partial charge on any atom is -0.382 e. The van der Waals surface area contributed by atoms with Crippen molar-refractivity contribution in [3.8, 4) is 0 Å². The summed E-state index contributed by atoms with van der Waals surface area (Å²) in [5.41, 5.74) is 7.47. The average molecular weight is 321 g/mol. The van der Waals surface area contributed by atoms with Crippen LogP contribution in [0.4, 0.5) is 15.8 Å². The van der Waals surface area contributed by atoms with E-state index in [0.29, 0.717) is 17.8 Å². The van der Waals surface area contributed by atoms with Gasteiger partial charge in [0.15, 0.2) is 0 Å². The van der Waals surface area contributed by atoms with Crippen molar-refractivity contribution in [2.24, 2.45) is 5.73 Å². The van der Waals surface area contributed by atoms with E-state index in [-0.39, 0.29) is 18.0 Å². The van der Waals surface area contributed by atoms with Crippen molar-refractivity contribution < 1.29 is 9.13 Å². The van der Waals surface area contributed by atoms with Crippen molar-refractivity contribution in [1.29, 1.82) is 0 Å². The summed E-state index contributed by atoms with van der Waals surface area (Å²) >= 11 is 0. The molecule has 0 spiro atoms. The van der Waals surface area contributed by atoms with Crippen LogP contribution in [0.1, 0.15) is 39.5 Å². The van der Waals surface area contributed by atoms with E-state index < -0.39 is 0 Å². The molecule has 23 heavy (non-hydrogen) atoms. The highest BCUT2D eigenvalue weighted by molar-refractivity contribution is 5.57. The number of benzene rings is 1. The van der Waals surface area contributed by atoms with Gasteiger partial charge in [-0.1, -0.05) is 0 Å². The zero-order valence-electron chi connectivity index (χ0n) is 14.1. The van der Waals surface area contributed by atoms with Crippen molar-refractivity contribution in [3.63, 3.8) is 0 Å². The van der Waals surface area contributed by atoms with Crippen LogP contribution in [0.2, 0.25) is 0 Å². The molecule has 5 heteroatoms. The van der Waals surface area contributed by atoms with E-state index >= 15 is 0 Å². The zero-order valence-corrected chi connectivity index (χ0v) is 14.1. The number of nitrogens with one attached hydrogen (secondary N) is 1. The van der Waals surface area contributed by atoms with Crippen LogP contribution in [-0.2, 0) is 4.74 Å². The van der Waals surface area contributed by atoms with Crippen molar-refractivity contribution in [2.75, 3.05) is 23.3 Å². The first-order valence-corrected chi connectivity index (χ1v) is 8.73. The predicted octanol–water partition coefficient (Wildman–Crippen LogP) is 3.12. The van der Waals surface area contributed by atoms with Crippen molar-refractivity contribution >= 4 is 11.4 Å². The fraction of sp³-hybridized carbons (Fsp3) is 0.667. The molecule has 2 atom stereocenters. The summed E-state index contributed by atoms with van der Waals surface area (Å²) < 4.78 is 20.3. The van der Waals surface area contributed by atoms with Gasteiger partial charge in [0, 0.05) is 30.9 Å². The summed E-state index contributed by atoms with van der Waals surface area (Å²) in [6.45, 7) is 5.53. The Bertz CT molecular complexity index is 521. The maximum absolute atomic E-state index is 14.6. The molecule has 2 fully saturated rings. The summed E-state index contributed by atoms with van der Waals surface area (Å²) in [4.78, 5) is 2.08. The van der Waals surface area contributed by atoms with E-state index in [1.54, 1.807) is 6.07 Å². The van der Waals surface area contributed by atoms with Crippen LogP contribution in [0.25, 0.3) is 0 Å². The Balaban J connectivity index is 1.66. The van der Waals surface area contributed by atoms with E-state index in [4.69, 9.17) is 10.5 Å². The van der Waals surface area contributed by atoms with Gasteiger partial charge in [-0.05, 0) is 57.7 Å². The molecular formula is C18H28FN3O. The second-order valence-corrected chi connectivity index (χ2v) is 7.08. The number of halogens is 1. The van der Waals surface area contributed by atoms with E-state index in [0.717, 1.165) is 44.5 Å². The summed E-state index contributed by atoms with van der Waals surface area (Å²) in [7, 11) is 0. The number of anilines is 2. The molecule has 128 valence electrons. The second kappa shape index (κ2) is 7.05. The van der Waals surface area contributed by atoms with Gasteiger partial charge in [0.1, 0.15) is 5.82 Å². The largest absolute Gasteiger partial charge is 0.382 e. The average Bonchev–Trinajstić information content (AvgIpc) is 2.49. The molecule has 0 amide bonds. The maximum atomic E-state index is 14.6. The van der Waals surface area contributed by atoms with Crippen LogP contribution < -0.4 is 16.0 Å². The van der Waals surface area contributed by atoms with Crippen LogP contribution >= 0.6 is 0 Å². The molecule has 0 radical (unpaired) electrons. The van der Waals surface area contributed by atoms with Gasteiger partial charge in [0.25, 0.3) is 0 Å². The number of nitrogens with two attached hydrogens (primary N) is 1. The number of ether oxygens (including phenoxy) is 1. The fourth-order valence-electron chi connectivity index (χ4n) is 3.73. The van der Waals surface area contributed by atoms with E-state index in [1.165, 1.54) is 0 Å². The second-order valence-electron chi connectivity index (χ2n) is 7.08. The number of nitrogens with zero attached hydrogens (tertiary/aromatic N) is 1. The molecule has 2 unspecified atom stereocenters. The lowest BCUT2D eigenvalue weighted by molar-refractivity contribution is -0.00539. The molecule has 1 aromatic rings. The zero-order chi connectivity index (χ0) is 16.4. The first-order valence-electron chi connectivity index (χ1n) is 8.73. The summed E-state index contributed by atoms with van der Waals surface area (Å²) in [6, 6.07) is 6.23. The molecule has 1 aliphatic carbocycles. The Morgan fingerprint density at radius 1 is 1.13 bits per heavy atom. The lowest BCUT2D eigenvalue weighted by Gasteiger charge is -2.37. The van der Waals surface area contributed by atoms with Crippen LogP contribution in [0.5, 0.6) is 0 Å². The first-order chi connectivity index (χ1) is 11.0. The third kappa shape index (κ3) is 4.15. The van der Waals surface area contributed by atoms with Gasteiger partial charge in [0.05, 0.1) is 17.9 Å². The van der Waals surface area contributed by atoms with Crippen molar-refractivity contribution in [3.05, 3.63) is 24.0 Å². The normalized spacial score (nSPS) is 31.9. The minimum absolute atomic E-state index is 0.127. The van der Waals surface area contributed by atoms with Crippen LogP contribution in [-0.4, -0.2) is 37.4 Å². The van der Waals surface area contributed by atoms with Gasteiger partial charge in [-0.2, -0.15) is 0 Å². The molecule has 4 nitrogen and oxygen atoms in total. The fourth-order valence-corrected chi connectivity index (χ4v) is 3.73. The van der Waals surface area contributed by atoms with Gasteiger partial charge in [-0.3, -0.25) is 0 Å². The monoisotopic (exact) mass is 321 g/mol. The molecule has 3 N–H and O–H groups in total. The smallest absolute Gasteiger partial charge is 0.148 e. The highest BCUT2D eigenvalue weighted by Crippen LogP contribution is 2.28. The molecule has 1 aromatic carbocycles. The molecular weight excluding hydrogens is 293 g/mol. The molecule has 3 rings (SSSR count). The van der Waals surface area contributed by atoms with E-state index in [2.05, 4.69) is 10.2 Å². The quantitative estimate of drug-likeness (QED) is 0.898. The Labute approximate surface area is 138 Å². The number of hydrogen-bond donors (Lipinski definition) is 2. The minimum atomic E-state index is -0.163. The van der Waals surface area contributed by atoms with Gasteiger partial charge in [0.2, 0.25) is 0 Å². The lowest BCUT2D eigenvalue weighted by Crippen LogP contribution is -2.45. The molecule has 0 aromatic heterocycles. The lowest BCUT2D eigenvalue weighted by atomic mass is 9.91. The number of morpholine rings is 1. The van der Waals surface area contributed by atoms with Crippen LogP contribution in [0.15, 0.2) is 18.2 Å². The van der Waals surface area contributed by atoms with Gasteiger partial charge >= 0.3 is 0 Å². The topological polar surface area (TPSA) is 50.5 Å². The first kappa shape index (κ1) is 16.5. The molecule has 1 aliphatic heterocycles. The van der Waals surface area contributed by atoms with E-state index in [9.17, 15) is 4.39 Å². The molecule has 2 aliphatic rings. The van der Waals surface area contributed by atoms with Crippen molar-refractivity contribution in [2.45, 2.75) is 63.8 Å². The number of rotatable bonds is 3. The predicted molar refractivity (Wildman–Crippen MR) is 92.5 cm³/mol. The molecule has 0 bridgehead atoms. The van der Waals surface area contributed by atoms with Crippen molar-refractivity contribution in [1.82, 2.24) is 0 Å². The summed E-state index contributed by atoms with van der Waals surface area (Å²) in [5, 5.41) is 3.45. The van der Waals surface area contributed by atoms with Gasteiger partial charge in [-0.15, -0.1) is 0 Å². The molecule has 1 saturated heterocycles. The van der Waals surface area contributed by atoms with Gasteiger partial charge in [-0.25, -0.2) is 4.39 Å². The standard InChI is InChI=1S/C18H28FN3O/c1-12-10-22(11-13(2)23-12)18-8-7-16(9-17(18)19)21-15-5-3-14(20)4-6-15/h7-9,12-15,21H,3-6,10-11,20H2,1-2H3. The highest BCUT2D eigenvalue weighted by Gasteiger charge is 2.24. The Morgan fingerprint density at radius 3 is 2.39 bits per heavy atom. The summed E-state index contributed by atoms with van der Waals surface area (Å²) in [6.07, 6.45) is 4.46. The number of hydrogen-bond acceptors (Lipinski definition) is 4. The third-order valence-corrected chi connectivity index (χ3v) is 4.85. The maximum Gasteiger partial charge on any atom is 0.148 e. The summed E-state index contributed by atoms with van der Waals surface area (Å²) in [5.74, 6) is -0.163. The highest BCUT2D eigenvalue weighted by atomic mass is 19.1. The SMILES string of the molecule is CC1CN(c2ccc(NC3CCC(N)CC3)cc2F)CC(C)O1. The van der Waals surface area contributed by atoms with Gasteiger partial charge < -0.3 is 20.7 Å². The third-order valence-electron chi connectivity index (χ3n) is 4.85. The van der Waals surface area contributed by atoms with Crippen LogP contribution in [0.3, 0.4) is 0 Å².